The number of nitrogen functional groups attached to an aromatic ring is 1. The quantitative estimate of drug-likeness (QED) is 0.819. The minimum Gasteiger partial charge on any atom is -0.399 e. The first-order chi connectivity index (χ1) is 11.7. The smallest absolute Gasteiger partial charge is 0.0406 e. The van der Waals surface area contributed by atoms with Crippen molar-refractivity contribution in [2.24, 2.45) is 0 Å². The number of hydrogen-bond donors (Lipinski definition) is 1. The van der Waals surface area contributed by atoms with Gasteiger partial charge in [-0.2, -0.15) is 0 Å². The number of nitrogens with zero attached hydrogens (tertiary/aromatic N) is 1. The Bertz CT molecular complexity index is 764. The van der Waals surface area contributed by atoms with Crippen LogP contribution in [0.25, 0.3) is 5.57 Å². The Morgan fingerprint density at radius 3 is 2.67 bits per heavy atom. The molecule has 0 bridgehead atoms. The van der Waals surface area contributed by atoms with Crippen molar-refractivity contribution in [3.8, 4) is 0 Å². The van der Waals surface area contributed by atoms with Gasteiger partial charge in [-0.15, -0.1) is 0 Å². The van der Waals surface area contributed by atoms with E-state index in [4.69, 9.17) is 17.3 Å². The van der Waals surface area contributed by atoms with Crippen molar-refractivity contribution in [1.82, 2.24) is 4.90 Å². The summed E-state index contributed by atoms with van der Waals surface area (Å²) in [6.07, 6.45) is 5.93. The van der Waals surface area contributed by atoms with Crippen LogP contribution in [-0.4, -0.2) is 24.5 Å². The van der Waals surface area contributed by atoms with E-state index in [0.29, 0.717) is 5.92 Å². The first-order valence-electron chi connectivity index (χ1n) is 8.74. The summed E-state index contributed by atoms with van der Waals surface area (Å²) in [5, 5.41) is 0.802. The van der Waals surface area contributed by atoms with E-state index in [1.807, 2.05) is 18.2 Å². The third-order valence-electron chi connectivity index (χ3n) is 5.36. The summed E-state index contributed by atoms with van der Waals surface area (Å²) in [4.78, 5) is 2.57. The van der Waals surface area contributed by atoms with Gasteiger partial charge >= 0.3 is 0 Å². The highest BCUT2D eigenvalue weighted by Crippen LogP contribution is 2.35. The molecule has 3 heteroatoms. The fourth-order valence-corrected chi connectivity index (χ4v) is 4.14. The van der Waals surface area contributed by atoms with Crippen molar-refractivity contribution in [2.75, 3.05) is 25.4 Å². The summed E-state index contributed by atoms with van der Waals surface area (Å²) < 4.78 is 0. The van der Waals surface area contributed by atoms with Crippen LogP contribution in [0, 0.1) is 0 Å². The fourth-order valence-electron chi connectivity index (χ4n) is 4.01. The molecule has 4 rings (SSSR count). The second-order valence-corrected chi connectivity index (χ2v) is 7.38. The molecule has 124 valence electrons. The third-order valence-corrected chi connectivity index (χ3v) is 5.61. The lowest BCUT2D eigenvalue weighted by atomic mass is 9.97. The van der Waals surface area contributed by atoms with Gasteiger partial charge in [-0.1, -0.05) is 35.9 Å². The fraction of sp³-hybridized carbons (Fsp3) is 0.333. The predicted molar refractivity (Wildman–Crippen MR) is 102 cm³/mol. The maximum absolute atomic E-state index is 5.99. The van der Waals surface area contributed by atoms with Crippen molar-refractivity contribution in [1.29, 1.82) is 0 Å². The summed E-state index contributed by atoms with van der Waals surface area (Å²) in [5.41, 5.74) is 12.6. The molecule has 0 saturated heterocycles. The molecule has 2 aromatic carbocycles. The van der Waals surface area contributed by atoms with Gasteiger partial charge in [0, 0.05) is 30.3 Å². The first-order valence-corrected chi connectivity index (χ1v) is 9.12. The topological polar surface area (TPSA) is 29.3 Å². The molecule has 0 saturated carbocycles. The zero-order chi connectivity index (χ0) is 16.5. The summed E-state index contributed by atoms with van der Waals surface area (Å²) >= 11 is 5.98. The second kappa shape index (κ2) is 6.62. The molecule has 1 unspecified atom stereocenters. The SMILES string of the molecule is Nc1ccc2c(c1)C(CN1CC=C(c3ccc(Cl)cc3)CC1)CC2. The van der Waals surface area contributed by atoms with Gasteiger partial charge in [-0.3, -0.25) is 4.90 Å². The average Bonchev–Trinajstić information content (AvgIpc) is 2.98. The number of fused-ring (bicyclic) bond motifs is 1. The minimum atomic E-state index is 0.633. The van der Waals surface area contributed by atoms with E-state index in [2.05, 4.69) is 35.2 Å². The van der Waals surface area contributed by atoms with Crippen LogP contribution >= 0.6 is 11.6 Å². The van der Waals surface area contributed by atoms with E-state index in [9.17, 15) is 0 Å². The van der Waals surface area contributed by atoms with Crippen LogP contribution in [0.15, 0.2) is 48.5 Å². The molecule has 2 aromatic rings. The molecular weight excluding hydrogens is 316 g/mol. The Kier molecular flexibility index (Phi) is 4.34. The molecule has 1 heterocycles. The van der Waals surface area contributed by atoms with Crippen LogP contribution in [0.4, 0.5) is 5.69 Å². The van der Waals surface area contributed by atoms with Gasteiger partial charge in [0.15, 0.2) is 0 Å². The van der Waals surface area contributed by atoms with Crippen molar-refractivity contribution in [3.63, 3.8) is 0 Å². The van der Waals surface area contributed by atoms with Gasteiger partial charge in [-0.25, -0.2) is 0 Å². The summed E-state index contributed by atoms with van der Waals surface area (Å²) in [5.74, 6) is 0.633. The Labute approximate surface area is 148 Å². The largest absolute Gasteiger partial charge is 0.399 e. The Morgan fingerprint density at radius 1 is 1.08 bits per heavy atom. The van der Waals surface area contributed by atoms with E-state index in [-0.39, 0.29) is 0 Å². The van der Waals surface area contributed by atoms with Crippen LogP contribution in [0.2, 0.25) is 5.02 Å². The second-order valence-electron chi connectivity index (χ2n) is 6.94. The maximum Gasteiger partial charge on any atom is 0.0406 e. The van der Waals surface area contributed by atoms with E-state index >= 15 is 0 Å². The molecule has 0 fully saturated rings. The number of halogens is 1. The molecule has 1 aliphatic heterocycles. The van der Waals surface area contributed by atoms with Crippen LogP contribution < -0.4 is 5.73 Å². The van der Waals surface area contributed by atoms with Crippen LogP contribution in [0.3, 0.4) is 0 Å². The molecule has 2 nitrogen and oxygen atoms in total. The average molecular weight is 339 g/mol. The monoisotopic (exact) mass is 338 g/mol. The lowest BCUT2D eigenvalue weighted by molar-refractivity contribution is 0.281. The molecule has 0 spiro atoms. The molecule has 1 atom stereocenters. The van der Waals surface area contributed by atoms with Crippen LogP contribution in [-0.2, 0) is 6.42 Å². The zero-order valence-corrected chi connectivity index (χ0v) is 14.6. The Morgan fingerprint density at radius 2 is 1.92 bits per heavy atom. The molecule has 1 aliphatic carbocycles. The first kappa shape index (κ1) is 15.7. The number of aryl methyl sites for hydroxylation is 1. The predicted octanol–water partition coefficient (Wildman–Crippen LogP) is 4.74. The number of benzene rings is 2. The number of rotatable bonds is 3. The molecule has 2 N–H and O–H groups in total. The molecule has 0 aromatic heterocycles. The van der Waals surface area contributed by atoms with E-state index in [1.54, 1.807) is 0 Å². The lowest BCUT2D eigenvalue weighted by Crippen LogP contribution is -2.32. The summed E-state index contributed by atoms with van der Waals surface area (Å²) in [6.45, 7) is 3.30. The molecular formula is C21H23ClN2. The molecule has 0 radical (unpaired) electrons. The number of nitrogens with two attached hydrogens (primary N) is 1. The molecule has 24 heavy (non-hydrogen) atoms. The van der Waals surface area contributed by atoms with Gasteiger partial charge < -0.3 is 5.73 Å². The van der Waals surface area contributed by atoms with Gasteiger partial charge in [0.1, 0.15) is 0 Å². The van der Waals surface area contributed by atoms with Crippen LogP contribution in [0.1, 0.15) is 35.4 Å². The Hall–Kier alpha value is -1.77. The normalized spacial score (nSPS) is 20.7. The highest BCUT2D eigenvalue weighted by Gasteiger charge is 2.25. The molecule has 2 aliphatic rings. The number of hydrogen-bond acceptors (Lipinski definition) is 2. The standard InChI is InChI=1S/C21H23ClN2/c22-19-6-3-15(4-7-19)16-9-11-24(12-10-16)14-18-2-1-17-5-8-20(23)13-21(17)18/h3-9,13,18H,1-2,10-12,14,23H2. The lowest BCUT2D eigenvalue weighted by Gasteiger charge is -2.29. The van der Waals surface area contributed by atoms with Crippen molar-refractivity contribution < 1.29 is 0 Å². The minimum absolute atomic E-state index is 0.633. The Balaban J connectivity index is 1.42. The van der Waals surface area contributed by atoms with Crippen molar-refractivity contribution in [3.05, 3.63) is 70.3 Å². The van der Waals surface area contributed by atoms with E-state index < -0.39 is 0 Å². The van der Waals surface area contributed by atoms with Crippen molar-refractivity contribution in [2.45, 2.75) is 25.2 Å². The van der Waals surface area contributed by atoms with Crippen LogP contribution in [0.5, 0.6) is 0 Å². The maximum atomic E-state index is 5.99. The third kappa shape index (κ3) is 3.22. The summed E-state index contributed by atoms with van der Waals surface area (Å²) in [6, 6.07) is 14.6. The number of anilines is 1. The van der Waals surface area contributed by atoms with Gasteiger partial charge in [-0.05, 0) is 71.7 Å². The van der Waals surface area contributed by atoms with Gasteiger partial charge in [0.05, 0.1) is 0 Å². The molecule has 0 amide bonds. The summed E-state index contributed by atoms with van der Waals surface area (Å²) in [7, 11) is 0. The van der Waals surface area contributed by atoms with Crippen molar-refractivity contribution >= 4 is 22.9 Å². The van der Waals surface area contributed by atoms with E-state index in [0.717, 1.165) is 36.8 Å². The highest BCUT2D eigenvalue weighted by atomic mass is 35.5. The van der Waals surface area contributed by atoms with Gasteiger partial charge in [0.2, 0.25) is 0 Å². The van der Waals surface area contributed by atoms with Gasteiger partial charge in [0.25, 0.3) is 0 Å². The zero-order valence-electron chi connectivity index (χ0n) is 13.8. The highest BCUT2D eigenvalue weighted by molar-refractivity contribution is 6.30. The van der Waals surface area contributed by atoms with E-state index in [1.165, 1.54) is 35.1 Å².